The molecule has 0 atom stereocenters. The molecule has 27 heavy (non-hydrogen) atoms. The summed E-state index contributed by atoms with van der Waals surface area (Å²) in [7, 11) is 0. The van der Waals surface area contributed by atoms with Gasteiger partial charge in [-0.15, -0.1) is 0 Å². The lowest BCUT2D eigenvalue weighted by Crippen LogP contribution is -2.07. The van der Waals surface area contributed by atoms with E-state index < -0.39 is 23.3 Å². The fraction of sp³-hybridized carbons (Fsp3) is 0.0500. The van der Waals surface area contributed by atoms with Crippen molar-refractivity contribution in [1.29, 1.82) is 0 Å². The van der Waals surface area contributed by atoms with Gasteiger partial charge in [0.1, 0.15) is 0 Å². The van der Waals surface area contributed by atoms with Crippen LogP contribution in [-0.2, 0) is 6.54 Å². The molecule has 1 N–H and O–H groups in total. The Morgan fingerprint density at radius 3 is 2.22 bits per heavy atom. The van der Waals surface area contributed by atoms with E-state index in [1.807, 2.05) is 6.07 Å². The Hall–Kier alpha value is -3.35. The highest BCUT2D eigenvalue weighted by Gasteiger charge is 2.14. The van der Waals surface area contributed by atoms with Gasteiger partial charge in [-0.25, -0.2) is 22.5 Å². The van der Waals surface area contributed by atoms with Crippen LogP contribution in [0.5, 0.6) is 0 Å². The van der Waals surface area contributed by atoms with Gasteiger partial charge < -0.3 is 5.32 Å². The Morgan fingerprint density at radius 2 is 1.48 bits per heavy atom. The molecule has 3 aromatic carbocycles. The van der Waals surface area contributed by atoms with Crippen LogP contribution >= 0.6 is 0 Å². The van der Waals surface area contributed by atoms with Crippen LogP contribution in [0.4, 0.5) is 23.5 Å². The minimum atomic E-state index is -0.975. The zero-order valence-corrected chi connectivity index (χ0v) is 13.9. The van der Waals surface area contributed by atoms with Crippen LogP contribution in [-0.4, -0.2) is 9.55 Å². The van der Waals surface area contributed by atoms with Crippen molar-refractivity contribution in [2.45, 2.75) is 6.54 Å². The van der Waals surface area contributed by atoms with E-state index in [1.54, 1.807) is 22.8 Å². The molecule has 4 aromatic rings. The number of fused-ring (bicyclic) bond motifs is 1. The number of nitrogens with zero attached hydrogens (tertiary/aromatic N) is 2. The molecule has 0 fully saturated rings. The lowest BCUT2D eigenvalue weighted by molar-refractivity contribution is 0.507. The monoisotopic (exact) mass is 371 g/mol. The van der Waals surface area contributed by atoms with Gasteiger partial charge in [0.15, 0.2) is 23.3 Å². The first-order valence-electron chi connectivity index (χ1n) is 8.13. The van der Waals surface area contributed by atoms with E-state index >= 15 is 0 Å². The number of para-hydroxylation sites is 2. The quantitative estimate of drug-likeness (QED) is 0.500. The molecule has 1 heterocycles. The van der Waals surface area contributed by atoms with Crippen molar-refractivity contribution in [2.75, 3.05) is 5.32 Å². The number of halogens is 4. The molecule has 0 radical (unpaired) electrons. The van der Waals surface area contributed by atoms with Crippen LogP contribution in [0.15, 0.2) is 60.7 Å². The first-order chi connectivity index (χ1) is 13.0. The molecule has 0 unspecified atom stereocenters. The number of anilines is 1. The molecule has 0 saturated carbocycles. The number of imidazole rings is 1. The molecule has 136 valence electrons. The van der Waals surface area contributed by atoms with E-state index in [9.17, 15) is 17.6 Å². The second-order valence-electron chi connectivity index (χ2n) is 5.96. The summed E-state index contributed by atoms with van der Waals surface area (Å²) in [5.74, 6) is -3.42. The molecule has 3 nitrogen and oxygen atoms in total. The van der Waals surface area contributed by atoms with Crippen LogP contribution in [0, 0.1) is 23.3 Å². The molecule has 0 saturated heterocycles. The molecular formula is C20H13F4N3. The molecule has 4 rings (SSSR count). The van der Waals surface area contributed by atoms with E-state index in [0.717, 1.165) is 24.3 Å². The Bertz CT molecular complexity index is 1140. The van der Waals surface area contributed by atoms with Gasteiger partial charge >= 0.3 is 0 Å². The lowest BCUT2D eigenvalue weighted by Gasteiger charge is -2.11. The van der Waals surface area contributed by atoms with Gasteiger partial charge in [0.2, 0.25) is 5.95 Å². The van der Waals surface area contributed by atoms with Crippen LogP contribution in [0.3, 0.4) is 0 Å². The topological polar surface area (TPSA) is 29.9 Å². The van der Waals surface area contributed by atoms with Crippen LogP contribution in [0.2, 0.25) is 0 Å². The Balaban J connectivity index is 1.75. The first-order valence-corrected chi connectivity index (χ1v) is 8.13. The summed E-state index contributed by atoms with van der Waals surface area (Å²) in [6.07, 6.45) is 0. The third-order valence-electron chi connectivity index (χ3n) is 4.16. The largest absolute Gasteiger partial charge is 0.351 e. The van der Waals surface area contributed by atoms with Gasteiger partial charge in [-0.3, -0.25) is 4.57 Å². The normalized spacial score (nSPS) is 11.1. The molecule has 1 aromatic heterocycles. The van der Waals surface area contributed by atoms with E-state index in [1.165, 1.54) is 12.1 Å². The van der Waals surface area contributed by atoms with Gasteiger partial charge in [-0.05, 0) is 42.0 Å². The second kappa shape index (κ2) is 6.75. The number of benzene rings is 3. The van der Waals surface area contributed by atoms with Crippen molar-refractivity contribution in [3.63, 3.8) is 0 Å². The fourth-order valence-electron chi connectivity index (χ4n) is 2.86. The number of rotatable bonds is 4. The summed E-state index contributed by atoms with van der Waals surface area (Å²) >= 11 is 0. The number of nitrogens with one attached hydrogen (secondary N) is 1. The summed E-state index contributed by atoms with van der Waals surface area (Å²) in [4.78, 5) is 4.46. The summed E-state index contributed by atoms with van der Waals surface area (Å²) in [6, 6.07) is 14.3. The highest BCUT2D eigenvalue weighted by atomic mass is 19.2. The Kier molecular flexibility index (Phi) is 4.27. The summed E-state index contributed by atoms with van der Waals surface area (Å²) in [5, 5.41) is 3.04. The molecule has 7 heteroatoms. The van der Waals surface area contributed by atoms with Gasteiger partial charge in [0.25, 0.3) is 0 Å². The van der Waals surface area contributed by atoms with Crippen LogP contribution in [0.25, 0.3) is 16.7 Å². The SMILES string of the molecule is Fc1ccc(CNc2nc3ccccc3n2-c2ccc(F)c(F)c2)cc1F. The van der Waals surface area contributed by atoms with Crippen molar-refractivity contribution in [3.8, 4) is 5.69 Å². The maximum absolute atomic E-state index is 13.7. The number of hydrogen-bond donors (Lipinski definition) is 1. The van der Waals surface area contributed by atoms with Crippen molar-refractivity contribution in [3.05, 3.63) is 89.5 Å². The van der Waals surface area contributed by atoms with Gasteiger partial charge in [0, 0.05) is 12.6 Å². The minimum Gasteiger partial charge on any atom is -0.351 e. The van der Waals surface area contributed by atoms with Crippen LogP contribution < -0.4 is 5.32 Å². The highest BCUT2D eigenvalue weighted by Crippen LogP contribution is 2.26. The maximum atomic E-state index is 13.7. The Labute approximate surface area is 151 Å². The molecule has 0 bridgehead atoms. The molecule has 0 amide bonds. The molecule has 0 aliphatic rings. The van der Waals surface area contributed by atoms with Crippen molar-refractivity contribution >= 4 is 17.0 Å². The van der Waals surface area contributed by atoms with Crippen molar-refractivity contribution in [2.24, 2.45) is 0 Å². The molecule has 0 spiro atoms. The minimum absolute atomic E-state index is 0.171. The van der Waals surface area contributed by atoms with E-state index in [2.05, 4.69) is 10.3 Å². The second-order valence-corrected chi connectivity index (χ2v) is 5.96. The lowest BCUT2D eigenvalue weighted by atomic mass is 10.2. The first kappa shape index (κ1) is 17.1. The van der Waals surface area contributed by atoms with Gasteiger partial charge in [0.05, 0.1) is 16.7 Å². The average molecular weight is 371 g/mol. The Morgan fingerprint density at radius 1 is 0.778 bits per heavy atom. The van der Waals surface area contributed by atoms with E-state index in [4.69, 9.17) is 0 Å². The molecule has 0 aliphatic carbocycles. The molecular weight excluding hydrogens is 358 g/mol. The third kappa shape index (κ3) is 3.23. The maximum Gasteiger partial charge on any atom is 0.208 e. The van der Waals surface area contributed by atoms with Gasteiger partial charge in [-0.2, -0.15) is 0 Å². The fourth-order valence-corrected chi connectivity index (χ4v) is 2.86. The number of hydrogen-bond acceptors (Lipinski definition) is 2. The van der Waals surface area contributed by atoms with Gasteiger partial charge in [-0.1, -0.05) is 18.2 Å². The third-order valence-corrected chi connectivity index (χ3v) is 4.16. The van der Waals surface area contributed by atoms with Crippen molar-refractivity contribution in [1.82, 2.24) is 9.55 Å². The summed E-state index contributed by atoms with van der Waals surface area (Å²) < 4.78 is 55.2. The van der Waals surface area contributed by atoms with Crippen LogP contribution in [0.1, 0.15) is 5.56 Å². The van der Waals surface area contributed by atoms with E-state index in [-0.39, 0.29) is 6.54 Å². The smallest absolute Gasteiger partial charge is 0.208 e. The van der Waals surface area contributed by atoms with E-state index in [0.29, 0.717) is 28.2 Å². The average Bonchev–Trinajstić information content (AvgIpc) is 3.03. The zero-order valence-electron chi connectivity index (χ0n) is 13.9. The summed E-state index contributed by atoms with van der Waals surface area (Å²) in [5.41, 5.74) is 2.24. The predicted molar refractivity (Wildman–Crippen MR) is 94.7 cm³/mol. The molecule has 0 aliphatic heterocycles. The zero-order chi connectivity index (χ0) is 19.0. The standard InChI is InChI=1S/C20H13F4N3/c21-14-7-5-12(9-16(14)23)11-25-20-26-18-3-1-2-4-19(18)27(20)13-6-8-15(22)17(24)10-13/h1-10H,11H2,(H,25,26). The highest BCUT2D eigenvalue weighted by molar-refractivity contribution is 5.81. The number of aromatic nitrogens is 2. The predicted octanol–water partition coefficient (Wildman–Crippen LogP) is 5.19. The van der Waals surface area contributed by atoms with Crippen molar-refractivity contribution < 1.29 is 17.6 Å². The summed E-state index contributed by atoms with van der Waals surface area (Å²) in [6.45, 7) is 0.171.